The number of fused-ring (bicyclic) bond motifs is 2. The van der Waals surface area contributed by atoms with Crippen molar-refractivity contribution in [3.8, 4) is 0 Å². The zero-order valence-corrected chi connectivity index (χ0v) is 20.5. The van der Waals surface area contributed by atoms with Crippen LogP contribution in [-0.2, 0) is 24.0 Å². The maximum atomic E-state index is 13.7. The third kappa shape index (κ3) is 4.63. The number of hydrogen-bond acceptors (Lipinski definition) is 5. The van der Waals surface area contributed by atoms with Gasteiger partial charge in [-0.25, -0.2) is 0 Å². The van der Waals surface area contributed by atoms with Crippen molar-refractivity contribution >= 4 is 29.5 Å². The molecule has 0 aromatic heterocycles. The van der Waals surface area contributed by atoms with Crippen molar-refractivity contribution in [1.29, 1.82) is 0 Å². The Morgan fingerprint density at radius 1 is 0.914 bits per heavy atom. The Hall–Kier alpha value is -2.65. The fourth-order valence-corrected chi connectivity index (χ4v) is 6.74. The SMILES string of the molecule is CC(=O)N1CCC(C(=O)N2CCC3NC(=O)C4CC(NC(=O)C5CCCCC5)CN4C(=O)C32)CC1. The highest BCUT2D eigenvalue weighted by Crippen LogP contribution is 2.32. The summed E-state index contributed by atoms with van der Waals surface area (Å²) < 4.78 is 0. The van der Waals surface area contributed by atoms with Gasteiger partial charge < -0.3 is 25.3 Å². The van der Waals surface area contributed by atoms with Gasteiger partial charge in [0.1, 0.15) is 12.1 Å². The van der Waals surface area contributed by atoms with Gasteiger partial charge in [-0.15, -0.1) is 0 Å². The van der Waals surface area contributed by atoms with Crippen molar-refractivity contribution in [2.24, 2.45) is 11.8 Å². The number of nitrogens with zero attached hydrogens (tertiary/aromatic N) is 3. The van der Waals surface area contributed by atoms with E-state index in [0.717, 1.165) is 25.7 Å². The zero-order chi connectivity index (χ0) is 24.7. The van der Waals surface area contributed by atoms with Gasteiger partial charge in [-0.2, -0.15) is 0 Å². The second kappa shape index (κ2) is 9.78. The van der Waals surface area contributed by atoms with Crippen LogP contribution in [0.3, 0.4) is 0 Å². The predicted octanol–water partition coefficient (Wildman–Crippen LogP) is 0.0102. The summed E-state index contributed by atoms with van der Waals surface area (Å²) in [5.41, 5.74) is 0. The van der Waals surface area contributed by atoms with Crippen LogP contribution in [0.4, 0.5) is 0 Å². The highest BCUT2D eigenvalue weighted by atomic mass is 16.2. The molecular formula is C25H37N5O5. The first-order chi connectivity index (χ1) is 16.8. The molecule has 192 valence electrons. The molecule has 0 bridgehead atoms. The number of piperidine rings is 1. The van der Waals surface area contributed by atoms with E-state index in [1.807, 2.05) is 0 Å². The van der Waals surface area contributed by atoms with E-state index in [1.54, 1.807) is 14.7 Å². The normalized spacial score (nSPS) is 32.1. The third-order valence-electron chi connectivity index (χ3n) is 8.76. The van der Waals surface area contributed by atoms with E-state index in [1.165, 1.54) is 13.3 Å². The lowest BCUT2D eigenvalue weighted by atomic mass is 9.88. The Labute approximate surface area is 206 Å². The Morgan fingerprint density at radius 2 is 1.63 bits per heavy atom. The Balaban J connectivity index is 1.25. The Kier molecular flexibility index (Phi) is 6.72. The molecule has 4 heterocycles. The molecule has 5 aliphatic rings. The third-order valence-corrected chi connectivity index (χ3v) is 8.76. The number of hydrogen-bond donors (Lipinski definition) is 2. The molecule has 1 saturated carbocycles. The molecule has 0 spiro atoms. The molecule has 4 unspecified atom stereocenters. The van der Waals surface area contributed by atoms with Gasteiger partial charge in [-0.3, -0.25) is 24.0 Å². The lowest BCUT2D eigenvalue weighted by Gasteiger charge is -2.35. The van der Waals surface area contributed by atoms with Gasteiger partial charge in [-0.05, 0) is 38.5 Å². The molecule has 10 heteroatoms. The van der Waals surface area contributed by atoms with Crippen molar-refractivity contribution in [3.05, 3.63) is 0 Å². The Bertz CT molecular complexity index is 895. The highest BCUT2D eigenvalue weighted by Gasteiger charge is 2.53. The molecular weight excluding hydrogens is 450 g/mol. The van der Waals surface area contributed by atoms with Crippen LogP contribution in [0.5, 0.6) is 0 Å². The molecule has 5 rings (SSSR count). The molecule has 5 fully saturated rings. The van der Waals surface area contributed by atoms with E-state index in [0.29, 0.717) is 51.9 Å². The van der Waals surface area contributed by atoms with Gasteiger partial charge in [0.25, 0.3) is 0 Å². The van der Waals surface area contributed by atoms with Gasteiger partial charge in [0, 0.05) is 51.0 Å². The van der Waals surface area contributed by atoms with Gasteiger partial charge in [0.05, 0.1) is 6.04 Å². The van der Waals surface area contributed by atoms with Crippen LogP contribution >= 0.6 is 0 Å². The first-order valence-corrected chi connectivity index (χ1v) is 13.3. The van der Waals surface area contributed by atoms with Gasteiger partial charge in [0.15, 0.2) is 0 Å². The molecule has 4 atom stereocenters. The maximum Gasteiger partial charge on any atom is 0.248 e. The topological polar surface area (TPSA) is 119 Å². The number of carbonyl (C=O) groups is 5. The zero-order valence-electron chi connectivity index (χ0n) is 20.5. The summed E-state index contributed by atoms with van der Waals surface area (Å²) in [6.07, 6.45) is 7.26. The first kappa shape index (κ1) is 24.1. The van der Waals surface area contributed by atoms with Crippen molar-refractivity contribution in [2.75, 3.05) is 26.2 Å². The smallest absolute Gasteiger partial charge is 0.248 e. The largest absolute Gasteiger partial charge is 0.351 e. The second-order valence-electron chi connectivity index (χ2n) is 10.9. The molecule has 0 aromatic rings. The molecule has 4 saturated heterocycles. The van der Waals surface area contributed by atoms with E-state index in [2.05, 4.69) is 10.6 Å². The Morgan fingerprint density at radius 3 is 2.31 bits per heavy atom. The standard InChI is InChI=1S/C25H37N5O5/c1-15(31)28-10-7-17(8-11-28)24(34)29-12-9-19-21(29)25(35)30-14-18(13-20(30)23(33)27-19)26-22(32)16-5-3-2-4-6-16/h16-21H,2-14H2,1H3,(H,26,32)(H,27,33). The van der Waals surface area contributed by atoms with E-state index in [9.17, 15) is 24.0 Å². The maximum absolute atomic E-state index is 13.7. The highest BCUT2D eigenvalue weighted by molar-refractivity contribution is 5.97. The number of likely N-dealkylation sites (tertiary alicyclic amines) is 2. The van der Waals surface area contributed by atoms with Gasteiger partial charge in [0.2, 0.25) is 29.5 Å². The predicted molar refractivity (Wildman–Crippen MR) is 126 cm³/mol. The van der Waals surface area contributed by atoms with Gasteiger partial charge in [-0.1, -0.05) is 19.3 Å². The van der Waals surface area contributed by atoms with E-state index >= 15 is 0 Å². The summed E-state index contributed by atoms with van der Waals surface area (Å²) >= 11 is 0. The molecule has 0 radical (unpaired) electrons. The van der Waals surface area contributed by atoms with Crippen LogP contribution in [0.25, 0.3) is 0 Å². The number of nitrogens with one attached hydrogen (secondary N) is 2. The molecule has 2 N–H and O–H groups in total. The summed E-state index contributed by atoms with van der Waals surface area (Å²) in [6.45, 7) is 3.38. The summed E-state index contributed by atoms with van der Waals surface area (Å²) in [7, 11) is 0. The minimum atomic E-state index is -0.699. The molecule has 1 aliphatic carbocycles. The van der Waals surface area contributed by atoms with Crippen LogP contribution in [0.15, 0.2) is 0 Å². The lowest BCUT2D eigenvalue weighted by molar-refractivity contribution is -0.148. The number of rotatable bonds is 3. The van der Waals surface area contributed by atoms with Crippen molar-refractivity contribution in [3.63, 3.8) is 0 Å². The van der Waals surface area contributed by atoms with Crippen LogP contribution in [0, 0.1) is 11.8 Å². The minimum Gasteiger partial charge on any atom is -0.351 e. The monoisotopic (exact) mass is 487 g/mol. The fourth-order valence-electron chi connectivity index (χ4n) is 6.74. The van der Waals surface area contributed by atoms with Crippen LogP contribution in [0.2, 0.25) is 0 Å². The van der Waals surface area contributed by atoms with Crippen molar-refractivity contribution in [1.82, 2.24) is 25.3 Å². The minimum absolute atomic E-state index is 0.0176. The summed E-state index contributed by atoms with van der Waals surface area (Å²) in [6, 6.07) is -1.94. The van der Waals surface area contributed by atoms with E-state index < -0.39 is 12.1 Å². The van der Waals surface area contributed by atoms with Crippen LogP contribution in [0.1, 0.15) is 64.7 Å². The van der Waals surface area contributed by atoms with E-state index in [4.69, 9.17) is 0 Å². The fraction of sp³-hybridized carbons (Fsp3) is 0.800. The van der Waals surface area contributed by atoms with Gasteiger partial charge >= 0.3 is 0 Å². The average Bonchev–Trinajstić information content (AvgIpc) is 3.46. The number of amides is 5. The molecule has 35 heavy (non-hydrogen) atoms. The first-order valence-electron chi connectivity index (χ1n) is 13.3. The van der Waals surface area contributed by atoms with Crippen LogP contribution < -0.4 is 10.6 Å². The molecule has 10 nitrogen and oxygen atoms in total. The van der Waals surface area contributed by atoms with Crippen molar-refractivity contribution in [2.45, 2.75) is 88.9 Å². The summed E-state index contributed by atoms with van der Waals surface area (Å²) in [5, 5.41) is 6.13. The second-order valence-corrected chi connectivity index (χ2v) is 10.9. The number of carbonyl (C=O) groups excluding carboxylic acids is 5. The van der Waals surface area contributed by atoms with Crippen molar-refractivity contribution < 1.29 is 24.0 Å². The summed E-state index contributed by atoms with van der Waals surface area (Å²) in [5.74, 6) is -0.577. The molecule has 0 aromatic carbocycles. The molecule has 5 amide bonds. The van der Waals surface area contributed by atoms with E-state index in [-0.39, 0.29) is 53.5 Å². The lowest BCUT2D eigenvalue weighted by Crippen LogP contribution is -2.54. The van der Waals surface area contributed by atoms with Crippen LogP contribution in [-0.4, -0.2) is 94.6 Å². The quantitative estimate of drug-likeness (QED) is 0.581. The summed E-state index contributed by atoms with van der Waals surface area (Å²) in [4.78, 5) is 69.6. The average molecular weight is 488 g/mol. The molecule has 4 aliphatic heterocycles.